The van der Waals surface area contributed by atoms with E-state index in [4.69, 9.17) is 14.2 Å². The minimum absolute atomic E-state index is 0.241. The quantitative estimate of drug-likeness (QED) is 0.647. The van der Waals surface area contributed by atoms with Crippen molar-refractivity contribution in [2.45, 2.75) is 51.1 Å². The number of benzene rings is 2. The van der Waals surface area contributed by atoms with E-state index in [2.05, 4.69) is 29.3 Å². The lowest BCUT2D eigenvalue weighted by Crippen LogP contribution is -2.46. The predicted octanol–water partition coefficient (Wildman–Crippen LogP) is 4.64. The van der Waals surface area contributed by atoms with Crippen LogP contribution in [-0.2, 0) is 12.8 Å². The molecule has 2 N–H and O–H groups in total. The molecule has 3 aliphatic heterocycles. The number of phenols is 1. The highest BCUT2D eigenvalue weighted by Gasteiger charge is 2.40. The van der Waals surface area contributed by atoms with Crippen molar-refractivity contribution in [2.24, 2.45) is 11.8 Å². The van der Waals surface area contributed by atoms with Crippen LogP contribution in [0.25, 0.3) is 0 Å². The number of nitrogens with one attached hydrogen (secondary N) is 1. The summed E-state index contributed by atoms with van der Waals surface area (Å²) in [5.74, 6) is 3.76. The first-order valence-electron chi connectivity index (χ1n) is 12.7. The first-order chi connectivity index (χ1) is 16.6. The Bertz CT molecular complexity index is 1040. The summed E-state index contributed by atoms with van der Waals surface area (Å²) < 4.78 is 16.7. The molecule has 0 amide bonds. The molecule has 184 valence electrons. The number of aromatic hydroxyl groups is 1. The van der Waals surface area contributed by atoms with Crippen LogP contribution in [0.4, 0.5) is 0 Å². The summed E-state index contributed by atoms with van der Waals surface area (Å²) in [5.41, 5.74) is 5.34. The second kappa shape index (κ2) is 9.67. The average Bonchev–Trinajstić information content (AvgIpc) is 2.87. The summed E-state index contributed by atoms with van der Waals surface area (Å²) in [4.78, 5) is 2.70. The molecule has 0 saturated carbocycles. The third kappa shape index (κ3) is 4.11. The van der Waals surface area contributed by atoms with Crippen molar-refractivity contribution >= 4 is 0 Å². The zero-order valence-electron chi connectivity index (χ0n) is 20.9. The second-order valence-electron chi connectivity index (χ2n) is 10.0. The van der Waals surface area contributed by atoms with Gasteiger partial charge in [0.15, 0.2) is 23.0 Å². The number of methoxy groups -OCH3 is 3. The highest BCUT2D eigenvalue weighted by atomic mass is 16.5. The molecule has 0 bridgehead atoms. The monoisotopic (exact) mass is 466 g/mol. The van der Waals surface area contributed by atoms with Crippen molar-refractivity contribution < 1.29 is 19.3 Å². The number of phenolic OH excluding ortho intramolecular Hbond substituents is 1. The van der Waals surface area contributed by atoms with Crippen LogP contribution in [0.5, 0.6) is 23.0 Å². The van der Waals surface area contributed by atoms with Gasteiger partial charge >= 0.3 is 0 Å². The number of hydrogen-bond acceptors (Lipinski definition) is 6. The topological polar surface area (TPSA) is 63.2 Å². The minimum Gasteiger partial charge on any atom is -0.504 e. The number of rotatable bonds is 6. The van der Waals surface area contributed by atoms with Gasteiger partial charge in [-0.3, -0.25) is 4.90 Å². The lowest BCUT2D eigenvalue weighted by atomic mass is 9.72. The fourth-order valence-corrected chi connectivity index (χ4v) is 6.59. The lowest BCUT2D eigenvalue weighted by Gasteiger charge is -2.48. The molecule has 0 unspecified atom stereocenters. The van der Waals surface area contributed by atoms with Gasteiger partial charge in [-0.05, 0) is 90.6 Å². The van der Waals surface area contributed by atoms with Crippen LogP contribution in [0.2, 0.25) is 0 Å². The predicted molar refractivity (Wildman–Crippen MR) is 133 cm³/mol. The molecule has 5 rings (SSSR count). The van der Waals surface area contributed by atoms with Gasteiger partial charge in [-0.25, -0.2) is 0 Å². The highest BCUT2D eigenvalue weighted by Crippen LogP contribution is 2.47. The Balaban J connectivity index is 1.43. The van der Waals surface area contributed by atoms with Crippen LogP contribution in [0.1, 0.15) is 60.5 Å². The molecule has 0 radical (unpaired) electrons. The van der Waals surface area contributed by atoms with Crippen molar-refractivity contribution in [3.63, 3.8) is 0 Å². The van der Waals surface area contributed by atoms with Gasteiger partial charge in [0.2, 0.25) is 0 Å². The van der Waals surface area contributed by atoms with Crippen LogP contribution in [-0.4, -0.2) is 51.0 Å². The summed E-state index contributed by atoms with van der Waals surface area (Å²) in [6.45, 7) is 5.55. The Labute approximate surface area is 203 Å². The van der Waals surface area contributed by atoms with Crippen LogP contribution in [0, 0.1) is 11.8 Å². The average molecular weight is 467 g/mol. The minimum atomic E-state index is 0.241. The summed E-state index contributed by atoms with van der Waals surface area (Å²) in [6, 6.07) is 9.06. The van der Waals surface area contributed by atoms with E-state index in [1.807, 2.05) is 12.1 Å². The molecule has 4 atom stereocenters. The van der Waals surface area contributed by atoms with Crippen LogP contribution in [0.3, 0.4) is 0 Å². The Morgan fingerprint density at radius 2 is 1.62 bits per heavy atom. The third-order valence-electron chi connectivity index (χ3n) is 8.44. The van der Waals surface area contributed by atoms with Gasteiger partial charge in [0.25, 0.3) is 0 Å². The maximum Gasteiger partial charge on any atom is 0.161 e. The molecule has 2 aromatic rings. The van der Waals surface area contributed by atoms with E-state index in [9.17, 15) is 5.11 Å². The molecule has 6 nitrogen and oxygen atoms in total. The van der Waals surface area contributed by atoms with Crippen molar-refractivity contribution in [3.8, 4) is 23.0 Å². The number of fused-ring (bicyclic) bond motifs is 4. The first kappa shape index (κ1) is 23.3. The fraction of sp³-hybridized carbons (Fsp3) is 0.571. The van der Waals surface area contributed by atoms with Crippen LogP contribution >= 0.6 is 0 Å². The van der Waals surface area contributed by atoms with E-state index >= 15 is 0 Å². The largest absolute Gasteiger partial charge is 0.504 e. The van der Waals surface area contributed by atoms with Crippen LogP contribution in [0.15, 0.2) is 24.3 Å². The van der Waals surface area contributed by atoms with E-state index in [1.54, 1.807) is 21.3 Å². The zero-order valence-corrected chi connectivity index (χ0v) is 20.9. The molecular weight excluding hydrogens is 428 g/mol. The summed E-state index contributed by atoms with van der Waals surface area (Å²) >= 11 is 0. The maximum absolute atomic E-state index is 10.3. The van der Waals surface area contributed by atoms with Gasteiger partial charge in [0.05, 0.1) is 21.3 Å². The van der Waals surface area contributed by atoms with Crippen LogP contribution < -0.4 is 19.5 Å². The van der Waals surface area contributed by atoms with Gasteiger partial charge in [-0.1, -0.05) is 13.3 Å². The molecule has 1 fully saturated rings. The Morgan fingerprint density at radius 1 is 0.912 bits per heavy atom. The number of hydrogen-bond donors (Lipinski definition) is 2. The Kier molecular flexibility index (Phi) is 6.63. The van der Waals surface area contributed by atoms with Gasteiger partial charge in [-0.2, -0.15) is 0 Å². The van der Waals surface area contributed by atoms with E-state index in [1.165, 1.54) is 28.7 Å². The van der Waals surface area contributed by atoms with Crippen molar-refractivity contribution in [1.29, 1.82) is 0 Å². The number of piperidine rings is 1. The summed E-state index contributed by atoms with van der Waals surface area (Å²) in [5, 5.41) is 14.1. The number of ether oxygens (including phenoxy) is 3. The van der Waals surface area contributed by atoms with E-state index in [0.29, 0.717) is 23.6 Å². The fourth-order valence-electron chi connectivity index (χ4n) is 6.59. The number of nitrogens with zero attached hydrogens (tertiary/aromatic N) is 1. The van der Waals surface area contributed by atoms with Gasteiger partial charge in [0.1, 0.15) is 0 Å². The standard InChI is InChI=1S/C28H38N2O4/c1-5-17-16-30-9-7-19-13-27(33-3)28(34-4)15-22(19)24(30)11-20(17)10-23-21-14-26(32-2)25(31)12-18(21)6-8-29-23/h12-15,17,20,23-24,29,31H,5-11,16H2,1-4H3/t17-,20+,23-,24-/m0/s1. The van der Waals surface area contributed by atoms with E-state index < -0.39 is 0 Å². The molecular formula is C28H38N2O4. The van der Waals surface area contributed by atoms with Crippen molar-refractivity contribution in [2.75, 3.05) is 41.0 Å². The summed E-state index contributed by atoms with van der Waals surface area (Å²) in [6.07, 6.45) is 5.46. The summed E-state index contributed by atoms with van der Waals surface area (Å²) in [7, 11) is 5.06. The first-order valence-corrected chi connectivity index (χ1v) is 12.7. The van der Waals surface area contributed by atoms with Gasteiger partial charge < -0.3 is 24.6 Å². The van der Waals surface area contributed by atoms with E-state index in [0.717, 1.165) is 56.8 Å². The molecule has 1 saturated heterocycles. The molecule has 6 heteroatoms. The lowest BCUT2D eigenvalue weighted by molar-refractivity contribution is 0.0434. The Hall–Kier alpha value is -2.44. The molecule has 3 heterocycles. The molecule has 0 aromatic heterocycles. The Morgan fingerprint density at radius 3 is 2.35 bits per heavy atom. The SMILES string of the molecule is CC[C@H]1CN2CCc3cc(OC)c(OC)cc3[C@@H]2C[C@H]1C[C@@H]1NCCc2cc(O)c(OC)cc21. The molecule has 2 aromatic carbocycles. The zero-order chi connectivity index (χ0) is 23.8. The third-order valence-corrected chi connectivity index (χ3v) is 8.44. The molecule has 0 spiro atoms. The normalized spacial score (nSPS) is 26.2. The van der Waals surface area contributed by atoms with Crippen molar-refractivity contribution in [1.82, 2.24) is 10.2 Å². The van der Waals surface area contributed by atoms with Gasteiger partial charge in [0, 0.05) is 25.2 Å². The highest BCUT2D eigenvalue weighted by molar-refractivity contribution is 5.50. The second-order valence-corrected chi connectivity index (χ2v) is 10.0. The molecule has 0 aliphatic carbocycles. The van der Waals surface area contributed by atoms with Gasteiger partial charge in [-0.15, -0.1) is 0 Å². The smallest absolute Gasteiger partial charge is 0.161 e. The van der Waals surface area contributed by atoms with E-state index in [-0.39, 0.29) is 11.8 Å². The maximum atomic E-state index is 10.3. The van der Waals surface area contributed by atoms with Crippen molar-refractivity contribution in [3.05, 3.63) is 46.5 Å². The molecule has 3 aliphatic rings. The molecule has 34 heavy (non-hydrogen) atoms.